The third-order valence-electron chi connectivity index (χ3n) is 11.3. The minimum absolute atomic E-state index is 1.00. The second-order valence-corrected chi connectivity index (χ2v) is 15.6. The molecule has 0 bridgehead atoms. The van der Waals surface area contributed by atoms with Gasteiger partial charge in [-0.15, -0.1) is 11.3 Å². The van der Waals surface area contributed by atoms with Crippen LogP contribution in [0.2, 0.25) is 0 Å². The van der Waals surface area contributed by atoms with Gasteiger partial charge in [-0.2, -0.15) is 0 Å². The molecule has 11 aromatic rings. The molecule has 0 atom stereocenters. The van der Waals surface area contributed by atoms with Crippen molar-refractivity contribution in [3.63, 3.8) is 0 Å². The zero-order chi connectivity index (χ0) is 37.7. The van der Waals surface area contributed by atoms with Crippen LogP contribution in [0.4, 0.5) is 0 Å². The van der Waals surface area contributed by atoms with Crippen LogP contribution in [0, 0.1) is 0 Å². The van der Waals surface area contributed by atoms with E-state index in [1.54, 1.807) is 0 Å². The monoisotopic (exact) mass is 741 g/mol. The highest BCUT2D eigenvalue weighted by Crippen LogP contribution is 2.50. The normalized spacial score (nSPS) is 11.5. The molecule has 0 amide bonds. The molecular formula is C55H35NS. The number of hydrogen-bond donors (Lipinski definition) is 0. The number of para-hydroxylation sites is 1. The van der Waals surface area contributed by atoms with Gasteiger partial charge in [0.05, 0.1) is 11.2 Å². The minimum atomic E-state index is 1.00. The number of thiophene rings is 1. The third-order valence-corrected chi connectivity index (χ3v) is 12.6. The highest BCUT2D eigenvalue weighted by molar-refractivity contribution is 7.21. The lowest BCUT2D eigenvalue weighted by atomic mass is 9.85. The Hall–Kier alpha value is -7.13. The fraction of sp³-hybridized carbons (Fsp3) is 0. The third kappa shape index (κ3) is 5.65. The molecular weight excluding hydrogens is 707 g/mol. The van der Waals surface area contributed by atoms with Gasteiger partial charge in [0, 0.05) is 31.5 Å². The van der Waals surface area contributed by atoms with Crippen molar-refractivity contribution >= 4 is 54.6 Å². The summed E-state index contributed by atoms with van der Waals surface area (Å²) >= 11 is 1.86. The maximum atomic E-state index is 5.45. The largest absolute Gasteiger partial charge is 0.247 e. The SMILES string of the molecule is c1ccc(-c2ccc(-c3c4ccccc4c(-c4ccc(-c5nc6ccccc6c6c(-c7ccccc7)sc(-c7ccccc7)c56)cc4)c4ccccc34)cc2)cc1. The van der Waals surface area contributed by atoms with Crippen molar-refractivity contribution in [2.75, 3.05) is 0 Å². The van der Waals surface area contributed by atoms with Crippen molar-refractivity contribution in [3.05, 3.63) is 212 Å². The molecule has 9 aromatic carbocycles. The fourth-order valence-electron chi connectivity index (χ4n) is 8.67. The Kier molecular flexibility index (Phi) is 8.08. The Morgan fingerprint density at radius 1 is 0.263 bits per heavy atom. The van der Waals surface area contributed by atoms with Crippen LogP contribution in [0.25, 0.3) is 109 Å². The van der Waals surface area contributed by atoms with E-state index >= 15 is 0 Å². The Morgan fingerprint density at radius 2 is 0.614 bits per heavy atom. The predicted molar refractivity (Wildman–Crippen MR) is 245 cm³/mol. The van der Waals surface area contributed by atoms with E-state index < -0.39 is 0 Å². The number of nitrogens with zero attached hydrogens (tertiary/aromatic N) is 1. The van der Waals surface area contributed by atoms with Crippen molar-refractivity contribution in [1.29, 1.82) is 0 Å². The van der Waals surface area contributed by atoms with E-state index in [0.717, 1.165) is 16.8 Å². The van der Waals surface area contributed by atoms with Gasteiger partial charge in [-0.1, -0.05) is 206 Å². The van der Waals surface area contributed by atoms with Gasteiger partial charge in [0.1, 0.15) is 0 Å². The van der Waals surface area contributed by atoms with Gasteiger partial charge in [0.2, 0.25) is 0 Å². The van der Waals surface area contributed by atoms with Crippen LogP contribution in [0.5, 0.6) is 0 Å². The van der Waals surface area contributed by atoms with Gasteiger partial charge in [0.25, 0.3) is 0 Å². The Balaban J connectivity index is 1.10. The molecule has 0 fully saturated rings. The molecule has 2 aromatic heterocycles. The molecule has 0 aliphatic carbocycles. The van der Waals surface area contributed by atoms with Crippen molar-refractivity contribution < 1.29 is 0 Å². The van der Waals surface area contributed by atoms with Crippen LogP contribution in [-0.2, 0) is 0 Å². The van der Waals surface area contributed by atoms with Crippen molar-refractivity contribution in [2.45, 2.75) is 0 Å². The smallest absolute Gasteiger partial charge is 0.0803 e. The second kappa shape index (κ2) is 13.9. The summed E-state index contributed by atoms with van der Waals surface area (Å²) in [5.74, 6) is 0. The fourth-order valence-corrected chi connectivity index (χ4v) is 10.00. The lowest BCUT2D eigenvalue weighted by Crippen LogP contribution is -1.92. The number of hydrogen-bond acceptors (Lipinski definition) is 2. The lowest BCUT2D eigenvalue weighted by molar-refractivity contribution is 1.43. The van der Waals surface area contributed by atoms with Gasteiger partial charge < -0.3 is 0 Å². The van der Waals surface area contributed by atoms with Crippen molar-refractivity contribution in [1.82, 2.24) is 4.98 Å². The van der Waals surface area contributed by atoms with E-state index in [1.807, 2.05) is 11.3 Å². The molecule has 266 valence electrons. The van der Waals surface area contributed by atoms with E-state index in [-0.39, 0.29) is 0 Å². The van der Waals surface area contributed by atoms with Gasteiger partial charge in [-0.05, 0) is 72.1 Å². The van der Waals surface area contributed by atoms with Gasteiger partial charge >= 0.3 is 0 Å². The first kappa shape index (κ1) is 33.2. The number of benzene rings is 9. The first-order chi connectivity index (χ1) is 28.3. The molecule has 0 saturated carbocycles. The molecule has 0 aliphatic heterocycles. The summed E-state index contributed by atoms with van der Waals surface area (Å²) in [5.41, 5.74) is 12.9. The average Bonchev–Trinajstić information content (AvgIpc) is 3.70. The molecule has 0 saturated heterocycles. The zero-order valence-electron chi connectivity index (χ0n) is 31.1. The number of aromatic nitrogens is 1. The van der Waals surface area contributed by atoms with Crippen LogP contribution in [0.1, 0.15) is 0 Å². The molecule has 0 spiro atoms. The second-order valence-electron chi connectivity index (χ2n) is 14.6. The summed E-state index contributed by atoms with van der Waals surface area (Å²) < 4.78 is 0. The summed E-state index contributed by atoms with van der Waals surface area (Å²) in [4.78, 5) is 7.96. The topological polar surface area (TPSA) is 12.9 Å². The molecule has 57 heavy (non-hydrogen) atoms. The molecule has 0 aliphatic rings. The van der Waals surface area contributed by atoms with Crippen LogP contribution in [-0.4, -0.2) is 4.98 Å². The Bertz CT molecular complexity index is 3180. The summed E-state index contributed by atoms with van der Waals surface area (Å²) in [7, 11) is 0. The van der Waals surface area contributed by atoms with E-state index in [9.17, 15) is 0 Å². The van der Waals surface area contributed by atoms with E-state index in [4.69, 9.17) is 4.98 Å². The van der Waals surface area contributed by atoms with Crippen molar-refractivity contribution in [3.8, 4) is 65.5 Å². The first-order valence-electron chi connectivity index (χ1n) is 19.5. The van der Waals surface area contributed by atoms with Crippen LogP contribution in [0.15, 0.2) is 212 Å². The van der Waals surface area contributed by atoms with Gasteiger partial charge in [-0.3, -0.25) is 0 Å². The number of fused-ring (bicyclic) bond motifs is 5. The van der Waals surface area contributed by atoms with E-state index in [1.165, 1.54) is 92.0 Å². The molecule has 0 radical (unpaired) electrons. The Morgan fingerprint density at radius 3 is 1.11 bits per heavy atom. The van der Waals surface area contributed by atoms with Crippen LogP contribution >= 0.6 is 11.3 Å². The molecule has 0 N–H and O–H groups in total. The molecule has 1 nitrogen and oxygen atoms in total. The summed E-state index contributed by atoms with van der Waals surface area (Å²) in [6, 6.07) is 76.8. The molecule has 0 unspecified atom stereocenters. The predicted octanol–water partition coefficient (Wildman–Crippen LogP) is 15.8. The average molecular weight is 742 g/mol. The maximum absolute atomic E-state index is 5.45. The summed E-state index contributed by atoms with van der Waals surface area (Å²) in [6.45, 7) is 0. The van der Waals surface area contributed by atoms with E-state index in [0.29, 0.717) is 0 Å². The van der Waals surface area contributed by atoms with Gasteiger partial charge in [-0.25, -0.2) is 4.98 Å². The zero-order valence-corrected chi connectivity index (χ0v) is 31.9. The summed E-state index contributed by atoms with van der Waals surface area (Å²) in [5, 5.41) is 8.63. The minimum Gasteiger partial charge on any atom is -0.247 e. The molecule has 2 heterocycles. The van der Waals surface area contributed by atoms with Crippen LogP contribution in [0.3, 0.4) is 0 Å². The highest BCUT2D eigenvalue weighted by atomic mass is 32.1. The van der Waals surface area contributed by atoms with Gasteiger partial charge in [0.15, 0.2) is 0 Å². The Labute approximate surface area is 335 Å². The quantitative estimate of drug-likeness (QED) is 0.155. The van der Waals surface area contributed by atoms with Crippen LogP contribution < -0.4 is 0 Å². The standard InChI is InChI=1S/C55H35NS/c1-4-16-36(17-5-1)37-28-30-38(31-29-37)49-43-22-10-12-24-45(43)50(46-25-13-11-23-44(46)49)39-32-34-40(35-33-39)53-52-51(47-26-14-15-27-48(47)56-53)54(41-18-6-2-7-19-41)57-55(52)42-20-8-3-9-21-42/h1-35H. The molecule has 11 rings (SSSR count). The lowest BCUT2D eigenvalue weighted by Gasteiger charge is -2.18. The first-order valence-corrected chi connectivity index (χ1v) is 20.3. The number of pyridine rings is 1. The maximum Gasteiger partial charge on any atom is 0.0803 e. The molecule has 2 heteroatoms. The highest BCUT2D eigenvalue weighted by Gasteiger charge is 2.23. The van der Waals surface area contributed by atoms with E-state index in [2.05, 4.69) is 212 Å². The summed E-state index contributed by atoms with van der Waals surface area (Å²) in [6.07, 6.45) is 0. The number of rotatable bonds is 6. The van der Waals surface area contributed by atoms with Crippen molar-refractivity contribution in [2.24, 2.45) is 0 Å².